The van der Waals surface area contributed by atoms with E-state index >= 15 is 0 Å². The Kier molecular flexibility index (Phi) is 2.91. The summed E-state index contributed by atoms with van der Waals surface area (Å²) in [4.78, 5) is 12.0. The monoisotopic (exact) mass is 195 g/mol. The molecule has 0 aromatic heterocycles. The highest BCUT2D eigenvalue weighted by atomic mass is 16.1. The summed E-state index contributed by atoms with van der Waals surface area (Å²) >= 11 is 0. The van der Waals surface area contributed by atoms with Gasteiger partial charge in [-0.2, -0.15) is 0 Å². The van der Waals surface area contributed by atoms with Crippen LogP contribution in [0.25, 0.3) is 0 Å². The van der Waals surface area contributed by atoms with E-state index < -0.39 is 0 Å². The number of fused-ring (bicyclic) bond motifs is 1. The van der Waals surface area contributed by atoms with Crippen LogP contribution in [0, 0.1) is 23.7 Å². The SMILES string of the molecule is CCC(C)C(=O)C1CC2CNCC2C1. The first-order chi connectivity index (χ1) is 6.72. The average Bonchev–Trinajstić information content (AvgIpc) is 2.74. The third kappa shape index (κ3) is 1.72. The summed E-state index contributed by atoms with van der Waals surface area (Å²) in [6.07, 6.45) is 3.31. The van der Waals surface area contributed by atoms with Crippen molar-refractivity contribution in [3.63, 3.8) is 0 Å². The van der Waals surface area contributed by atoms with Gasteiger partial charge in [-0.1, -0.05) is 13.8 Å². The molecule has 2 heteroatoms. The molecule has 0 amide bonds. The number of hydrogen-bond donors (Lipinski definition) is 1. The van der Waals surface area contributed by atoms with Crippen molar-refractivity contribution >= 4 is 5.78 Å². The van der Waals surface area contributed by atoms with Gasteiger partial charge in [0.2, 0.25) is 0 Å². The van der Waals surface area contributed by atoms with E-state index in [0.29, 0.717) is 11.7 Å². The van der Waals surface area contributed by atoms with Gasteiger partial charge >= 0.3 is 0 Å². The lowest BCUT2D eigenvalue weighted by atomic mass is 9.90. The molecular weight excluding hydrogens is 174 g/mol. The van der Waals surface area contributed by atoms with E-state index in [0.717, 1.165) is 44.2 Å². The maximum Gasteiger partial charge on any atom is 0.138 e. The third-order valence-electron chi connectivity index (χ3n) is 4.15. The zero-order chi connectivity index (χ0) is 10.1. The third-order valence-corrected chi connectivity index (χ3v) is 4.15. The van der Waals surface area contributed by atoms with Crippen molar-refractivity contribution in [1.29, 1.82) is 0 Å². The maximum atomic E-state index is 12.0. The molecule has 2 nitrogen and oxygen atoms in total. The van der Waals surface area contributed by atoms with Crippen LogP contribution in [0.2, 0.25) is 0 Å². The van der Waals surface area contributed by atoms with Crippen molar-refractivity contribution in [3.8, 4) is 0 Å². The Morgan fingerprint density at radius 3 is 2.43 bits per heavy atom. The minimum atomic E-state index is 0.284. The van der Waals surface area contributed by atoms with Crippen LogP contribution in [-0.2, 0) is 4.79 Å². The number of ketones is 1. The predicted octanol–water partition coefficient (Wildman–Crippen LogP) is 1.85. The lowest BCUT2D eigenvalue weighted by molar-refractivity contribution is -0.126. The van der Waals surface area contributed by atoms with Crippen molar-refractivity contribution in [1.82, 2.24) is 5.32 Å². The second-order valence-corrected chi connectivity index (χ2v) is 5.06. The van der Waals surface area contributed by atoms with Crippen LogP contribution in [0.3, 0.4) is 0 Å². The second-order valence-electron chi connectivity index (χ2n) is 5.06. The summed E-state index contributed by atoms with van der Waals surface area (Å²) in [6.45, 7) is 6.48. The molecule has 0 spiro atoms. The standard InChI is InChI=1S/C12H21NO/c1-3-8(2)12(14)9-4-10-6-13-7-11(10)5-9/h8-11,13H,3-7H2,1-2H3. The molecular formula is C12H21NO. The number of rotatable bonds is 3. The number of carbonyl (C=O) groups is 1. The van der Waals surface area contributed by atoms with Crippen LogP contribution >= 0.6 is 0 Å². The normalized spacial score (nSPS) is 38.3. The second kappa shape index (κ2) is 4.01. The fourth-order valence-electron chi connectivity index (χ4n) is 3.00. The molecule has 0 aromatic rings. The Labute approximate surface area is 86.5 Å². The van der Waals surface area contributed by atoms with E-state index in [-0.39, 0.29) is 5.92 Å². The molecule has 2 rings (SSSR count). The fourth-order valence-corrected chi connectivity index (χ4v) is 3.00. The molecule has 14 heavy (non-hydrogen) atoms. The van der Waals surface area contributed by atoms with Gasteiger partial charge in [-0.05, 0) is 44.2 Å². The van der Waals surface area contributed by atoms with E-state index in [1.807, 2.05) is 0 Å². The summed E-state index contributed by atoms with van der Waals surface area (Å²) in [5.41, 5.74) is 0. The van der Waals surface area contributed by atoms with E-state index in [4.69, 9.17) is 0 Å². The van der Waals surface area contributed by atoms with Gasteiger partial charge in [-0.15, -0.1) is 0 Å². The summed E-state index contributed by atoms with van der Waals surface area (Å²) in [6, 6.07) is 0. The lowest BCUT2D eigenvalue weighted by Gasteiger charge is -2.14. The molecule has 1 aliphatic carbocycles. The van der Waals surface area contributed by atoms with Crippen molar-refractivity contribution < 1.29 is 4.79 Å². The Bertz CT molecular complexity index is 214. The smallest absolute Gasteiger partial charge is 0.138 e. The lowest BCUT2D eigenvalue weighted by Crippen LogP contribution is -2.21. The van der Waals surface area contributed by atoms with E-state index in [2.05, 4.69) is 19.2 Å². The Morgan fingerprint density at radius 1 is 1.36 bits per heavy atom. The summed E-state index contributed by atoms with van der Waals surface area (Å²) in [5.74, 6) is 2.80. The average molecular weight is 195 g/mol. The number of Topliss-reactive ketones (excluding diaryl/α,β-unsaturated/α-hetero) is 1. The van der Waals surface area contributed by atoms with E-state index in [1.54, 1.807) is 0 Å². The van der Waals surface area contributed by atoms with Gasteiger partial charge in [-0.25, -0.2) is 0 Å². The molecule has 80 valence electrons. The highest BCUT2D eigenvalue weighted by Crippen LogP contribution is 2.40. The zero-order valence-corrected chi connectivity index (χ0v) is 9.25. The van der Waals surface area contributed by atoms with E-state index in [1.165, 1.54) is 0 Å². The van der Waals surface area contributed by atoms with Crippen molar-refractivity contribution in [2.24, 2.45) is 23.7 Å². The molecule has 1 heterocycles. The van der Waals surface area contributed by atoms with Crippen LogP contribution in [0.1, 0.15) is 33.1 Å². The fraction of sp³-hybridized carbons (Fsp3) is 0.917. The molecule has 3 unspecified atom stereocenters. The van der Waals surface area contributed by atoms with Gasteiger partial charge in [0.05, 0.1) is 0 Å². The van der Waals surface area contributed by atoms with Crippen molar-refractivity contribution in [3.05, 3.63) is 0 Å². The van der Waals surface area contributed by atoms with Crippen LogP contribution in [0.5, 0.6) is 0 Å². The first-order valence-corrected chi connectivity index (χ1v) is 5.96. The van der Waals surface area contributed by atoms with Gasteiger partial charge in [0.25, 0.3) is 0 Å². The molecule has 0 bridgehead atoms. The van der Waals surface area contributed by atoms with Crippen molar-refractivity contribution in [2.75, 3.05) is 13.1 Å². The highest BCUT2D eigenvalue weighted by molar-refractivity contribution is 5.83. The quantitative estimate of drug-likeness (QED) is 0.744. The Morgan fingerprint density at radius 2 is 1.93 bits per heavy atom. The highest BCUT2D eigenvalue weighted by Gasteiger charge is 2.40. The van der Waals surface area contributed by atoms with Crippen LogP contribution < -0.4 is 5.32 Å². The number of carbonyl (C=O) groups excluding carboxylic acids is 1. The zero-order valence-electron chi connectivity index (χ0n) is 9.25. The van der Waals surface area contributed by atoms with Crippen molar-refractivity contribution in [2.45, 2.75) is 33.1 Å². The van der Waals surface area contributed by atoms with E-state index in [9.17, 15) is 4.79 Å². The molecule has 0 aromatic carbocycles. The largest absolute Gasteiger partial charge is 0.316 e. The van der Waals surface area contributed by atoms with Gasteiger partial charge in [0.1, 0.15) is 5.78 Å². The first-order valence-electron chi connectivity index (χ1n) is 5.96. The summed E-state index contributed by atoms with van der Waals surface area (Å²) in [7, 11) is 0. The maximum absolute atomic E-state index is 12.0. The van der Waals surface area contributed by atoms with Crippen LogP contribution in [0.4, 0.5) is 0 Å². The molecule has 1 N–H and O–H groups in total. The minimum absolute atomic E-state index is 0.284. The first kappa shape index (κ1) is 10.2. The number of nitrogens with one attached hydrogen (secondary N) is 1. The van der Waals surface area contributed by atoms with Crippen LogP contribution in [0.15, 0.2) is 0 Å². The molecule has 3 atom stereocenters. The van der Waals surface area contributed by atoms with Crippen LogP contribution in [-0.4, -0.2) is 18.9 Å². The molecule has 1 saturated heterocycles. The molecule has 2 fully saturated rings. The minimum Gasteiger partial charge on any atom is -0.316 e. The van der Waals surface area contributed by atoms with Gasteiger partial charge in [-0.3, -0.25) is 4.79 Å². The molecule has 2 aliphatic rings. The van der Waals surface area contributed by atoms with Gasteiger partial charge in [0.15, 0.2) is 0 Å². The summed E-state index contributed by atoms with van der Waals surface area (Å²) < 4.78 is 0. The molecule has 1 aliphatic heterocycles. The van der Waals surface area contributed by atoms with Gasteiger partial charge < -0.3 is 5.32 Å². The molecule has 1 saturated carbocycles. The topological polar surface area (TPSA) is 29.1 Å². The molecule has 0 radical (unpaired) electrons. The predicted molar refractivity (Wildman–Crippen MR) is 57.0 cm³/mol. The Balaban J connectivity index is 1.92. The Hall–Kier alpha value is -0.370. The number of hydrogen-bond acceptors (Lipinski definition) is 2. The summed E-state index contributed by atoms with van der Waals surface area (Å²) in [5, 5.41) is 3.42. The van der Waals surface area contributed by atoms with Gasteiger partial charge in [0, 0.05) is 11.8 Å².